The molecule has 6 nitrogen and oxygen atoms in total. The number of aryl methyl sites for hydroxylation is 2. The smallest absolute Gasteiger partial charge is 0.253 e. The molecular formula is C15H16ClN5O. The number of nitrogens with one attached hydrogen (secondary N) is 2. The van der Waals surface area contributed by atoms with Crippen LogP contribution >= 0.6 is 11.6 Å². The Morgan fingerprint density at radius 3 is 2.45 bits per heavy atom. The van der Waals surface area contributed by atoms with Crippen molar-refractivity contribution in [3.05, 3.63) is 46.7 Å². The molecule has 0 unspecified atom stereocenters. The molecule has 2 rings (SSSR count). The Morgan fingerprint density at radius 1 is 1.18 bits per heavy atom. The average Bonchev–Trinajstić information content (AvgIpc) is 2.36. The molecule has 1 heterocycles. The van der Waals surface area contributed by atoms with Gasteiger partial charge in [0.05, 0.1) is 0 Å². The molecule has 0 bridgehead atoms. The number of guanidine groups is 1. The third kappa shape index (κ3) is 4.82. The van der Waals surface area contributed by atoms with Crippen LogP contribution in [0.1, 0.15) is 18.3 Å². The van der Waals surface area contributed by atoms with E-state index >= 15 is 0 Å². The molecule has 0 atom stereocenters. The van der Waals surface area contributed by atoms with Gasteiger partial charge in [-0.15, -0.1) is 0 Å². The zero-order valence-corrected chi connectivity index (χ0v) is 13.3. The lowest BCUT2D eigenvalue weighted by Crippen LogP contribution is -2.34. The van der Waals surface area contributed by atoms with Gasteiger partial charge in [-0.1, -0.05) is 17.7 Å². The molecule has 2 N–H and O–H groups in total. The predicted molar refractivity (Wildman–Crippen MR) is 87.5 cm³/mol. The van der Waals surface area contributed by atoms with E-state index in [1.165, 1.54) is 6.92 Å². The predicted octanol–water partition coefficient (Wildman–Crippen LogP) is 2.98. The number of aliphatic imine (C=N–C) groups is 1. The molecule has 0 aliphatic rings. The minimum atomic E-state index is -0.252. The highest BCUT2D eigenvalue weighted by atomic mass is 35.5. The summed E-state index contributed by atoms with van der Waals surface area (Å²) in [7, 11) is 0. The van der Waals surface area contributed by atoms with E-state index in [2.05, 4.69) is 25.6 Å². The second-order valence-corrected chi connectivity index (χ2v) is 5.16. The van der Waals surface area contributed by atoms with Crippen molar-refractivity contribution in [2.75, 3.05) is 5.32 Å². The Morgan fingerprint density at radius 2 is 1.86 bits per heavy atom. The monoisotopic (exact) mass is 317 g/mol. The molecule has 22 heavy (non-hydrogen) atoms. The summed E-state index contributed by atoms with van der Waals surface area (Å²) in [4.78, 5) is 24.0. The van der Waals surface area contributed by atoms with Gasteiger partial charge in [-0.05, 0) is 38.1 Å². The average molecular weight is 318 g/mol. The first-order chi connectivity index (χ1) is 10.4. The van der Waals surface area contributed by atoms with Crippen molar-refractivity contribution in [3.8, 4) is 0 Å². The lowest BCUT2D eigenvalue weighted by molar-refractivity contribution is -0.117. The number of carbonyl (C=O) groups excluding carboxylic acids is 1. The molecule has 114 valence electrons. The van der Waals surface area contributed by atoms with E-state index in [4.69, 9.17) is 11.6 Å². The van der Waals surface area contributed by atoms with Gasteiger partial charge < -0.3 is 5.32 Å². The summed E-state index contributed by atoms with van der Waals surface area (Å²) in [6.07, 6.45) is 0. The molecule has 1 amide bonds. The third-order valence-corrected chi connectivity index (χ3v) is 2.80. The highest BCUT2D eigenvalue weighted by Gasteiger charge is 2.06. The standard InChI is InChI=1S/C15H16ClN5O/c1-9-7-10(2)18-14(17-9)21-15(19-11(3)22)20-13-6-4-5-12(16)8-13/h4-8H,1-3H3,(H2,17,18,19,20,21,22). The molecule has 0 saturated heterocycles. The first-order valence-electron chi connectivity index (χ1n) is 6.63. The Hall–Kier alpha value is -2.47. The summed E-state index contributed by atoms with van der Waals surface area (Å²) in [5.41, 5.74) is 2.30. The van der Waals surface area contributed by atoms with E-state index in [1.807, 2.05) is 26.0 Å². The maximum absolute atomic E-state index is 11.3. The highest BCUT2D eigenvalue weighted by molar-refractivity contribution is 6.30. The Kier molecular flexibility index (Phi) is 5.06. The highest BCUT2D eigenvalue weighted by Crippen LogP contribution is 2.15. The number of hydrogen-bond donors (Lipinski definition) is 2. The normalized spacial score (nSPS) is 11.2. The van der Waals surface area contributed by atoms with E-state index in [0.29, 0.717) is 10.7 Å². The Labute approximate surface area is 133 Å². The molecular weight excluding hydrogens is 302 g/mol. The molecule has 0 fully saturated rings. The van der Waals surface area contributed by atoms with E-state index < -0.39 is 0 Å². The van der Waals surface area contributed by atoms with Crippen LogP contribution in [0.25, 0.3) is 0 Å². The number of rotatable bonds is 2. The van der Waals surface area contributed by atoms with Crippen molar-refractivity contribution in [2.45, 2.75) is 20.8 Å². The molecule has 2 aromatic rings. The lowest BCUT2D eigenvalue weighted by atomic mass is 10.3. The van der Waals surface area contributed by atoms with Crippen molar-refractivity contribution in [3.63, 3.8) is 0 Å². The fourth-order valence-corrected chi connectivity index (χ4v) is 2.00. The fraction of sp³-hybridized carbons (Fsp3) is 0.200. The van der Waals surface area contributed by atoms with Crippen molar-refractivity contribution in [1.82, 2.24) is 15.3 Å². The summed E-state index contributed by atoms with van der Waals surface area (Å²) < 4.78 is 0. The van der Waals surface area contributed by atoms with Crippen LogP contribution in [0.2, 0.25) is 5.02 Å². The molecule has 1 aromatic carbocycles. The number of carbonyl (C=O) groups is 1. The van der Waals surface area contributed by atoms with Crippen molar-refractivity contribution < 1.29 is 4.79 Å². The number of halogens is 1. The second-order valence-electron chi connectivity index (χ2n) is 4.73. The van der Waals surface area contributed by atoms with Gasteiger partial charge >= 0.3 is 0 Å². The largest absolute Gasteiger partial charge is 0.326 e. The molecule has 0 radical (unpaired) electrons. The van der Waals surface area contributed by atoms with Gasteiger partial charge in [0.25, 0.3) is 5.95 Å². The summed E-state index contributed by atoms with van der Waals surface area (Å²) >= 11 is 5.94. The molecule has 7 heteroatoms. The van der Waals surface area contributed by atoms with E-state index in [0.717, 1.165) is 11.4 Å². The summed E-state index contributed by atoms with van der Waals surface area (Å²) in [6, 6.07) is 8.94. The zero-order valence-electron chi connectivity index (χ0n) is 12.5. The van der Waals surface area contributed by atoms with Crippen molar-refractivity contribution in [2.24, 2.45) is 4.99 Å². The lowest BCUT2D eigenvalue weighted by Gasteiger charge is -2.10. The molecule has 1 aromatic heterocycles. The van der Waals surface area contributed by atoms with Crippen LogP contribution in [0, 0.1) is 13.8 Å². The van der Waals surface area contributed by atoms with Gasteiger partial charge in [0, 0.05) is 29.0 Å². The van der Waals surface area contributed by atoms with Crippen molar-refractivity contribution >= 4 is 35.1 Å². The zero-order chi connectivity index (χ0) is 16.1. The number of benzene rings is 1. The first-order valence-corrected chi connectivity index (χ1v) is 7.01. The number of aromatic nitrogens is 2. The number of hydrogen-bond acceptors (Lipinski definition) is 4. The van der Waals surface area contributed by atoms with Crippen LogP contribution in [-0.2, 0) is 4.79 Å². The van der Waals surface area contributed by atoms with Crippen LogP contribution in [0.15, 0.2) is 35.3 Å². The molecule has 0 aliphatic heterocycles. The topological polar surface area (TPSA) is 79.3 Å². The SMILES string of the molecule is CC(=O)NC(=Nc1nc(C)cc(C)n1)Nc1cccc(Cl)c1. The van der Waals surface area contributed by atoms with Gasteiger partial charge in [-0.25, -0.2) is 9.97 Å². The van der Waals surface area contributed by atoms with Gasteiger partial charge in [-0.3, -0.25) is 10.1 Å². The molecule has 0 saturated carbocycles. The van der Waals surface area contributed by atoms with E-state index in [9.17, 15) is 4.79 Å². The number of nitrogens with zero attached hydrogens (tertiary/aromatic N) is 3. The van der Waals surface area contributed by atoms with Crippen LogP contribution in [0.3, 0.4) is 0 Å². The molecule has 0 spiro atoms. The van der Waals surface area contributed by atoms with Gasteiger partial charge in [0.2, 0.25) is 11.9 Å². The maximum atomic E-state index is 11.3. The van der Waals surface area contributed by atoms with Crippen molar-refractivity contribution in [1.29, 1.82) is 0 Å². The summed E-state index contributed by atoms with van der Waals surface area (Å²) in [6.45, 7) is 5.11. The molecule has 0 aliphatic carbocycles. The van der Waals surface area contributed by atoms with Crippen LogP contribution in [0.4, 0.5) is 11.6 Å². The minimum absolute atomic E-state index is 0.236. The number of anilines is 1. The van der Waals surface area contributed by atoms with Gasteiger partial charge in [0.1, 0.15) is 0 Å². The third-order valence-electron chi connectivity index (χ3n) is 2.56. The van der Waals surface area contributed by atoms with Crippen LogP contribution in [-0.4, -0.2) is 21.8 Å². The van der Waals surface area contributed by atoms with Gasteiger partial charge in [0.15, 0.2) is 0 Å². The maximum Gasteiger partial charge on any atom is 0.253 e. The summed E-state index contributed by atoms with van der Waals surface area (Å²) in [5.74, 6) is 0.258. The van der Waals surface area contributed by atoms with Crippen LogP contribution in [0.5, 0.6) is 0 Å². The van der Waals surface area contributed by atoms with E-state index in [1.54, 1.807) is 18.2 Å². The van der Waals surface area contributed by atoms with E-state index in [-0.39, 0.29) is 17.8 Å². The Balaban J connectivity index is 2.32. The minimum Gasteiger partial charge on any atom is -0.326 e. The summed E-state index contributed by atoms with van der Waals surface area (Å²) in [5, 5.41) is 6.18. The van der Waals surface area contributed by atoms with Crippen LogP contribution < -0.4 is 10.6 Å². The second kappa shape index (κ2) is 7.00. The number of amides is 1. The first kappa shape index (κ1) is 15.9. The quantitative estimate of drug-likeness (QED) is 0.659. The fourth-order valence-electron chi connectivity index (χ4n) is 1.81. The Bertz CT molecular complexity index is 709. The van der Waals surface area contributed by atoms with Gasteiger partial charge in [-0.2, -0.15) is 4.99 Å².